The second kappa shape index (κ2) is 8.54. The number of nitrogens with one attached hydrogen (secondary N) is 1. The molecule has 1 aromatic heterocycles. The molecule has 0 radical (unpaired) electrons. The summed E-state index contributed by atoms with van der Waals surface area (Å²) in [5.41, 5.74) is 1.71. The van der Waals surface area contributed by atoms with Crippen molar-refractivity contribution in [2.75, 3.05) is 7.11 Å². The monoisotopic (exact) mass is 406 g/mol. The Morgan fingerprint density at radius 1 is 1.15 bits per heavy atom. The summed E-state index contributed by atoms with van der Waals surface area (Å²) in [7, 11) is 1.62. The predicted octanol–water partition coefficient (Wildman–Crippen LogP) is 4.98. The minimum Gasteiger partial charge on any atom is -0.497 e. The van der Waals surface area contributed by atoms with Gasteiger partial charge < -0.3 is 10.1 Å². The van der Waals surface area contributed by atoms with Gasteiger partial charge in [-0.1, -0.05) is 41.4 Å². The van der Waals surface area contributed by atoms with E-state index in [2.05, 4.69) is 10.3 Å². The van der Waals surface area contributed by atoms with Crippen LogP contribution in [0.15, 0.2) is 48.7 Å². The van der Waals surface area contributed by atoms with E-state index in [1.807, 2.05) is 24.3 Å². The van der Waals surface area contributed by atoms with Gasteiger partial charge in [-0.25, -0.2) is 4.98 Å². The fourth-order valence-corrected chi connectivity index (χ4v) is 4.04. The van der Waals surface area contributed by atoms with Crippen LogP contribution in [-0.2, 0) is 17.8 Å². The lowest BCUT2D eigenvalue weighted by Crippen LogP contribution is -2.24. The van der Waals surface area contributed by atoms with Gasteiger partial charge in [-0.15, -0.1) is 11.3 Å². The van der Waals surface area contributed by atoms with Gasteiger partial charge in [0.1, 0.15) is 10.8 Å². The first kappa shape index (κ1) is 18.7. The number of carbonyl (C=O) groups is 1. The van der Waals surface area contributed by atoms with Crippen molar-refractivity contribution in [3.8, 4) is 16.3 Å². The Hall–Kier alpha value is -2.08. The Bertz CT molecular complexity index is 890. The molecule has 26 heavy (non-hydrogen) atoms. The lowest BCUT2D eigenvalue weighted by Gasteiger charge is -2.05. The molecule has 1 amide bonds. The fourth-order valence-electron chi connectivity index (χ4n) is 2.37. The normalized spacial score (nSPS) is 10.6. The Balaban J connectivity index is 1.60. The highest BCUT2D eigenvalue weighted by atomic mass is 35.5. The van der Waals surface area contributed by atoms with Gasteiger partial charge in [0.25, 0.3) is 0 Å². The van der Waals surface area contributed by atoms with E-state index in [0.29, 0.717) is 27.2 Å². The minimum atomic E-state index is -0.0683. The average Bonchev–Trinajstić information content (AvgIpc) is 3.08. The molecule has 0 fully saturated rings. The topological polar surface area (TPSA) is 51.2 Å². The fraction of sp³-hybridized carbons (Fsp3) is 0.158. The highest BCUT2D eigenvalue weighted by Crippen LogP contribution is 2.36. The van der Waals surface area contributed by atoms with Crippen molar-refractivity contribution >= 4 is 40.4 Å². The Kier molecular flexibility index (Phi) is 6.14. The molecule has 0 aliphatic carbocycles. The third kappa shape index (κ3) is 4.55. The van der Waals surface area contributed by atoms with E-state index in [4.69, 9.17) is 27.9 Å². The first-order valence-corrected chi connectivity index (χ1v) is 9.43. The molecule has 0 aliphatic heterocycles. The smallest absolute Gasteiger partial charge is 0.225 e. The van der Waals surface area contributed by atoms with Crippen LogP contribution < -0.4 is 10.1 Å². The van der Waals surface area contributed by atoms with E-state index in [0.717, 1.165) is 16.2 Å². The van der Waals surface area contributed by atoms with Crippen molar-refractivity contribution in [2.24, 2.45) is 0 Å². The van der Waals surface area contributed by atoms with Crippen LogP contribution in [0, 0.1) is 0 Å². The number of rotatable bonds is 6. The summed E-state index contributed by atoms with van der Waals surface area (Å²) < 4.78 is 5.12. The molecular formula is C19H16Cl2N2O2S. The quantitative estimate of drug-likeness (QED) is 0.627. The number of amides is 1. The standard InChI is InChI=1S/C19H16Cl2N2O2S/c1-25-13-7-5-12(6-8-13)10-22-17(24)9-14-11-23-19(26-14)18-15(20)3-2-4-16(18)21/h2-8,11H,9-10H2,1H3,(H,22,24). The summed E-state index contributed by atoms with van der Waals surface area (Å²) in [6.07, 6.45) is 1.95. The maximum atomic E-state index is 12.2. The van der Waals surface area contributed by atoms with E-state index in [9.17, 15) is 4.79 Å². The molecule has 3 rings (SSSR count). The summed E-state index contributed by atoms with van der Waals surface area (Å²) in [4.78, 5) is 17.4. The molecule has 0 saturated carbocycles. The molecule has 4 nitrogen and oxygen atoms in total. The molecule has 0 spiro atoms. The molecule has 0 bridgehead atoms. The summed E-state index contributed by atoms with van der Waals surface area (Å²) in [6.45, 7) is 0.463. The van der Waals surface area contributed by atoms with Crippen LogP contribution in [0.25, 0.3) is 10.6 Å². The van der Waals surface area contributed by atoms with Crippen LogP contribution in [-0.4, -0.2) is 18.0 Å². The molecule has 2 aromatic carbocycles. The molecule has 3 aromatic rings. The molecule has 0 unspecified atom stereocenters. The van der Waals surface area contributed by atoms with Gasteiger partial charge in [-0.05, 0) is 29.8 Å². The summed E-state index contributed by atoms with van der Waals surface area (Å²) >= 11 is 13.8. The van der Waals surface area contributed by atoms with Crippen LogP contribution in [0.4, 0.5) is 0 Å². The molecule has 1 heterocycles. The van der Waals surface area contributed by atoms with Gasteiger partial charge in [-0.3, -0.25) is 4.79 Å². The third-order valence-electron chi connectivity index (χ3n) is 3.71. The number of hydrogen-bond donors (Lipinski definition) is 1. The number of aromatic nitrogens is 1. The van der Waals surface area contributed by atoms with Gasteiger partial charge in [0.15, 0.2) is 0 Å². The lowest BCUT2D eigenvalue weighted by molar-refractivity contribution is -0.120. The van der Waals surface area contributed by atoms with Crippen molar-refractivity contribution in [3.05, 3.63) is 69.1 Å². The van der Waals surface area contributed by atoms with Crippen LogP contribution in [0.1, 0.15) is 10.4 Å². The first-order valence-electron chi connectivity index (χ1n) is 7.85. The number of nitrogens with zero attached hydrogens (tertiary/aromatic N) is 1. The number of ether oxygens (including phenoxy) is 1. The molecule has 0 aliphatic rings. The largest absolute Gasteiger partial charge is 0.497 e. The second-order valence-corrected chi connectivity index (χ2v) is 7.46. The first-order chi connectivity index (χ1) is 12.6. The van der Waals surface area contributed by atoms with Gasteiger partial charge in [0.05, 0.1) is 23.6 Å². The number of methoxy groups -OCH3 is 1. The van der Waals surface area contributed by atoms with Crippen LogP contribution in [0.2, 0.25) is 10.0 Å². The minimum absolute atomic E-state index is 0.0683. The molecule has 7 heteroatoms. The van der Waals surface area contributed by atoms with E-state index in [-0.39, 0.29) is 12.3 Å². The molecular weight excluding hydrogens is 391 g/mol. The second-order valence-electron chi connectivity index (χ2n) is 5.53. The van der Waals surface area contributed by atoms with Gasteiger partial charge in [0.2, 0.25) is 5.91 Å². The van der Waals surface area contributed by atoms with E-state index in [1.165, 1.54) is 11.3 Å². The zero-order valence-corrected chi connectivity index (χ0v) is 16.3. The summed E-state index contributed by atoms with van der Waals surface area (Å²) in [5, 5.41) is 4.70. The van der Waals surface area contributed by atoms with Crippen LogP contribution >= 0.6 is 34.5 Å². The molecule has 0 saturated heterocycles. The van der Waals surface area contributed by atoms with Crippen molar-refractivity contribution in [2.45, 2.75) is 13.0 Å². The number of thiazole rings is 1. The van der Waals surface area contributed by atoms with E-state index >= 15 is 0 Å². The van der Waals surface area contributed by atoms with Crippen molar-refractivity contribution in [1.82, 2.24) is 10.3 Å². The van der Waals surface area contributed by atoms with Gasteiger partial charge >= 0.3 is 0 Å². The average molecular weight is 407 g/mol. The van der Waals surface area contributed by atoms with Crippen LogP contribution in [0.3, 0.4) is 0 Å². The summed E-state index contributed by atoms with van der Waals surface area (Å²) in [5.74, 6) is 0.719. The molecule has 0 atom stereocenters. The summed E-state index contributed by atoms with van der Waals surface area (Å²) in [6, 6.07) is 12.9. The number of carbonyl (C=O) groups excluding carboxylic acids is 1. The zero-order valence-electron chi connectivity index (χ0n) is 14.0. The van der Waals surface area contributed by atoms with E-state index in [1.54, 1.807) is 31.5 Å². The van der Waals surface area contributed by atoms with Crippen LogP contribution in [0.5, 0.6) is 5.75 Å². The third-order valence-corrected chi connectivity index (χ3v) is 5.36. The Morgan fingerprint density at radius 2 is 1.85 bits per heavy atom. The zero-order chi connectivity index (χ0) is 18.5. The van der Waals surface area contributed by atoms with Crippen molar-refractivity contribution in [3.63, 3.8) is 0 Å². The maximum Gasteiger partial charge on any atom is 0.225 e. The van der Waals surface area contributed by atoms with E-state index < -0.39 is 0 Å². The highest BCUT2D eigenvalue weighted by Gasteiger charge is 2.14. The Labute approximate surface area is 165 Å². The Morgan fingerprint density at radius 3 is 2.50 bits per heavy atom. The predicted molar refractivity (Wildman–Crippen MR) is 106 cm³/mol. The van der Waals surface area contributed by atoms with Gasteiger partial charge in [-0.2, -0.15) is 0 Å². The number of hydrogen-bond acceptors (Lipinski definition) is 4. The highest BCUT2D eigenvalue weighted by molar-refractivity contribution is 7.15. The molecule has 134 valence electrons. The van der Waals surface area contributed by atoms with Crippen molar-refractivity contribution < 1.29 is 9.53 Å². The van der Waals surface area contributed by atoms with Gasteiger partial charge in [0, 0.05) is 23.2 Å². The number of halogens is 2. The van der Waals surface area contributed by atoms with Crippen molar-refractivity contribution in [1.29, 1.82) is 0 Å². The molecule has 1 N–H and O–H groups in total. The number of benzene rings is 2. The SMILES string of the molecule is COc1ccc(CNC(=O)Cc2cnc(-c3c(Cl)cccc3Cl)s2)cc1. The lowest BCUT2D eigenvalue weighted by atomic mass is 10.2. The maximum absolute atomic E-state index is 12.2.